The monoisotopic (exact) mass is 650 g/mol. The van der Waals surface area contributed by atoms with Crippen LogP contribution in [-0.2, 0) is 5.41 Å². The lowest BCUT2D eigenvalue weighted by molar-refractivity contribution is 0.486. The number of halogens is 2. The summed E-state index contributed by atoms with van der Waals surface area (Å²) in [6, 6.07) is 44.5. The summed E-state index contributed by atoms with van der Waals surface area (Å²) < 4.78 is 12.7. The SMILES string of the molecule is CC(C)(c1ccc(Oc2cc(Cl)nc3c2ccc2ccccc23)cc1)c1ccc(Oc2cc(Cl)nc3c2ccc2ccccc23)cc1. The van der Waals surface area contributed by atoms with E-state index in [0.29, 0.717) is 21.8 Å². The van der Waals surface area contributed by atoms with E-state index >= 15 is 0 Å². The van der Waals surface area contributed by atoms with Gasteiger partial charge in [0.15, 0.2) is 0 Å². The van der Waals surface area contributed by atoms with Crippen LogP contribution in [0.4, 0.5) is 0 Å². The molecule has 0 amide bonds. The number of benzene rings is 6. The van der Waals surface area contributed by atoms with E-state index in [0.717, 1.165) is 66.0 Å². The molecule has 6 heteroatoms. The largest absolute Gasteiger partial charge is 0.457 e. The molecule has 228 valence electrons. The molecular formula is C41H28Cl2N2O2. The van der Waals surface area contributed by atoms with Gasteiger partial charge < -0.3 is 9.47 Å². The molecule has 2 aromatic heterocycles. The van der Waals surface area contributed by atoms with Crippen LogP contribution in [-0.4, -0.2) is 9.97 Å². The smallest absolute Gasteiger partial charge is 0.139 e. The van der Waals surface area contributed by atoms with Crippen molar-refractivity contribution in [2.45, 2.75) is 19.3 Å². The zero-order valence-corrected chi connectivity index (χ0v) is 27.2. The summed E-state index contributed by atoms with van der Waals surface area (Å²) in [6.45, 7) is 4.42. The maximum Gasteiger partial charge on any atom is 0.139 e. The fourth-order valence-electron chi connectivity index (χ4n) is 6.27. The van der Waals surface area contributed by atoms with Crippen molar-refractivity contribution in [2.75, 3.05) is 0 Å². The summed E-state index contributed by atoms with van der Waals surface area (Å²) in [7, 11) is 0. The lowest BCUT2D eigenvalue weighted by Crippen LogP contribution is -2.18. The summed E-state index contributed by atoms with van der Waals surface area (Å²) in [6.07, 6.45) is 0. The average Bonchev–Trinajstić information content (AvgIpc) is 3.08. The predicted octanol–water partition coefficient (Wildman–Crippen LogP) is 12.3. The predicted molar refractivity (Wildman–Crippen MR) is 194 cm³/mol. The Labute approximate surface area is 282 Å². The molecule has 0 saturated heterocycles. The molecule has 0 unspecified atom stereocenters. The molecule has 0 spiro atoms. The van der Waals surface area contributed by atoms with Crippen LogP contribution in [0.3, 0.4) is 0 Å². The normalized spacial score (nSPS) is 11.8. The van der Waals surface area contributed by atoms with Gasteiger partial charge in [0, 0.05) is 39.1 Å². The summed E-state index contributed by atoms with van der Waals surface area (Å²) in [4.78, 5) is 9.22. The molecule has 0 saturated carbocycles. The molecule has 0 N–H and O–H groups in total. The van der Waals surface area contributed by atoms with E-state index in [1.165, 1.54) is 0 Å². The second-order valence-corrected chi connectivity index (χ2v) is 12.9. The maximum absolute atomic E-state index is 6.44. The minimum Gasteiger partial charge on any atom is -0.457 e. The van der Waals surface area contributed by atoms with Crippen LogP contribution in [0.2, 0.25) is 10.3 Å². The van der Waals surface area contributed by atoms with Gasteiger partial charge in [-0.25, -0.2) is 9.97 Å². The summed E-state index contributed by atoms with van der Waals surface area (Å²) in [5.74, 6) is 2.79. The molecule has 8 rings (SSSR count). The van der Waals surface area contributed by atoms with E-state index in [9.17, 15) is 0 Å². The average molecular weight is 652 g/mol. The zero-order chi connectivity index (χ0) is 32.1. The Morgan fingerprint density at radius 1 is 0.468 bits per heavy atom. The molecule has 0 fully saturated rings. The highest BCUT2D eigenvalue weighted by atomic mass is 35.5. The molecule has 4 nitrogen and oxygen atoms in total. The third kappa shape index (κ3) is 5.40. The van der Waals surface area contributed by atoms with Crippen LogP contribution in [0.1, 0.15) is 25.0 Å². The maximum atomic E-state index is 6.44. The van der Waals surface area contributed by atoms with Gasteiger partial charge in [-0.2, -0.15) is 0 Å². The van der Waals surface area contributed by atoms with E-state index in [4.69, 9.17) is 32.7 Å². The van der Waals surface area contributed by atoms with Crippen LogP contribution in [0, 0.1) is 0 Å². The number of ether oxygens (including phenoxy) is 2. The third-order valence-electron chi connectivity index (χ3n) is 8.88. The first kappa shape index (κ1) is 29.3. The minimum absolute atomic E-state index is 0.270. The standard InChI is InChI=1S/C41H28Cl2N2O2/c1-41(2,27-13-17-29(18-14-27)46-35-23-37(42)44-39-31-9-5-3-7-25(31)11-21-33(35)39)28-15-19-30(20-16-28)47-36-24-38(43)45-40-32-10-6-4-8-26(32)12-22-34(36)40/h3-24H,1-2H3. The van der Waals surface area contributed by atoms with Gasteiger partial charge in [-0.15, -0.1) is 0 Å². The number of hydrogen-bond acceptors (Lipinski definition) is 4. The van der Waals surface area contributed by atoms with Crippen LogP contribution in [0.15, 0.2) is 133 Å². The number of aromatic nitrogens is 2. The van der Waals surface area contributed by atoms with Gasteiger partial charge >= 0.3 is 0 Å². The van der Waals surface area contributed by atoms with E-state index in [2.05, 4.69) is 84.5 Å². The summed E-state index contributed by atoms with van der Waals surface area (Å²) in [5, 5.41) is 6.90. The van der Waals surface area contributed by atoms with Crippen LogP contribution < -0.4 is 9.47 Å². The van der Waals surface area contributed by atoms with Crippen molar-refractivity contribution in [1.82, 2.24) is 9.97 Å². The van der Waals surface area contributed by atoms with Gasteiger partial charge in [0.05, 0.1) is 11.0 Å². The number of pyridine rings is 2. The number of rotatable bonds is 6. The van der Waals surface area contributed by atoms with Crippen molar-refractivity contribution >= 4 is 66.6 Å². The summed E-state index contributed by atoms with van der Waals surface area (Å²) >= 11 is 12.9. The molecule has 0 aliphatic heterocycles. The van der Waals surface area contributed by atoms with Gasteiger partial charge in [-0.1, -0.05) is 122 Å². The molecular weight excluding hydrogens is 623 g/mol. The van der Waals surface area contributed by atoms with Crippen molar-refractivity contribution in [3.63, 3.8) is 0 Å². The highest BCUT2D eigenvalue weighted by Gasteiger charge is 2.23. The van der Waals surface area contributed by atoms with Gasteiger partial charge in [0.2, 0.25) is 0 Å². The minimum atomic E-state index is -0.270. The molecule has 47 heavy (non-hydrogen) atoms. The van der Waals surface area contributed by atoms with Crippen molar-refractivity contribution in [3.05, 3.63) is 155 Å². The number of nitrogens with zero attached hydrogens (tertiary/aromatic N) is 2. The fraction of sp³-hybridized carbons (Fsp3) is 0.0732. The zero-order valence-electron chi connectivity index (χ0n) is 25.7. The van der Waals surface area contributed by atoms with Gasteiger partial charge in [0.25, 0.3) is 0 Å². The van der Waals surface area contributed by atoms with Crippen molar-refractivity contribution in [2.24, 2.45) is 0 Å². The second-order valence-electron chi connectivity index (χ2n) is 12.1. The quantitative estimate of drug-likeness (QED) is 0.133. The molecule has 0 radical (unpaired) electrons. The van der Waals surface area contributed by atoms with Gasteiger partial charge in [-0.05, 0) is 58.3 Å². The van der Waals surface area contributed by atoms with Crippen molar-refractivity contribution in [3.8, 4) is 23.0 Å². The molecule has 8 aromatic rings. The van der Waals surface area contributed by atoms with Crippen LogP contribution in [0.25, 0.3) is 43.4 Å². The fourth-order valence-corrected chi connectivity index (χ4v) is 6.63. The Hall–Kier alpha value is -5.16. The Morgan fingerprint density at radius 2 is 0.872 bits per heavy atom. The highest BCUT2D eigenvalue weighted by molar-refractivity contribution is 6.31. The van der Waals surface area contributed by atoms with Crippen LogP contribution >= 0.6 is 23.2 Å². The Bertz CT molecular complexity index is 2290. The van der Waals surface area contributed by atoms with Gasteiger partial charge in [-0.3, -0.25) is 0 Å². The van der Waals surface area contributed by atoms with E-state index in [-0.39, 0.29) is 5.41 Å². The first-order valence-electron chi connectivity index (χ1n) is 15.4. The topological polar surface area (TPSA) is 44.2 Å². The first-order valence-corrected chi connectivity index (χ1v) is 16.1. The van der Waals surface area contributed by atoms with E-state index in [1.807, 2.05) is 60.7 Å². The molecule has 0 aliphatic carbocycles. The molecule has 0 bridgehead atoms. The number of hydrogen-bond donors (Lipinski definition) is 0. The van der Waals surface area contributed by atoms with E-state index < -0.39 is 0 Å². The molecule has 2 heterocycles. The van der Waals surface area contributed by atoms with Gasteiger partial charge in [0.1, 0.15) is 33.3 Å². The Morgan fingerprint density at radius 3 is 1.30 bits per heavy atom. The van der Waals surface area contributed by atoms with Crippen LogP contribution in [0.5, 0.6) is 23.0 Å². The molecule has 0 atom stereocenters. The lowest BCUT2D eigenvalue weighted by Gasteiger charge is -2.26. The van der Waals surface area contributed by atoms with Crippen molar-refractivity contribution < 1.29 is 9.47 Å². The lowest BCUT2D eigenvalue weighted by atomic mass is 9.78. The molecule has 0 aliphatic rings. The van der Waals surface area contributed by atoms with E-state index in [1.54, 1.807) is 12.1 Å². The second kappa shape index (κ2) is 11.6. The highest BCUT2D eigenvalue weighted by Crippen LogP contribution is 2.39. The van der Waals surface area contributed by atoms with Crippen molar-refractivity contribution in [1.29, 1.82) is 0 Å². The Kier molecular flexibility index (Phi) is 7.20. The molecule has 6 aromatic carbocycles. The third-order valence-corrected chi connectivity index (χ3v) is 9.26. The summed E-state index contributed by atoms with van der Waals surface area (Å²) in [5.41, 5.74) is 3.68. The first-order chi connectivity index (χ1) is 22.8. The number of fused-ring (bicyclic) bond motifs is 6. The Balaban J connectivity index is 1.04.